The number of hydrogen-bond acceptors (Lipinski definition) is 1. The van der Waals surface area contributed by atoms with Gasteiger partial charge in [-0.3, -0.25) is 15.0 Å². The molecule has 0 amide bonds. The molecule has 0 saturated carbocycles. The van der Waals surface area contributed by atoms with Crippen LogP contribution in [0, 0.1) is 0 Å². The van der Waals surface area contributed by atoms with Crippen molar-refractivity contribution in [3.63, 3.8) is 0 Å². The molecule has 4 nitrogen and oxygen atoms in total. The lowest BCUT2D eigenvalue weighted by molar-refractivity contribution is 0.636. The molecule has 0 atom stereocenters. The summed E-state index contributed by atoms with van der Waals surface area (Å²) < 4.78 is 2.28. The first kappa shape index (κ1) is 14.6. The zero-order chi connectivity index (χ0) is 17.0. The molecule has 0 fully saturated rings. The minimum absolute atomic E-state index is 0.103. The second-order valence-electron chi connectivity index (χ2n) is 6.49. The predicted octanol–water partition coefficient (Wildman–Crippen LogP) is 4.59. The second kappa shape index (κ2) is 5.39. The molecule has 2 aromatic heterocycles. The lowest BCUT2D eigenvalue weighted by atomic mass is 9.98. The van der Waals surface area contributed by atoms with Crippen molar-refractivity contribution in [2.24, 2.45) is 0 Å². The van der Waals surface area contributed by atoms with Crippen molar-refractivity contribution in [2.75, 3.05) is 0 Å². The Morgan fingerprint density at radius 1 is 1.04 bits per heavy atom. The van der Waals surface area contributed by atoms with Crippen molar-refractivity contribution in [1.82, 2.24) is 14.8 Å². The van der Waals surface area contributed by atoms with E-state index in [1.54, 1.807) is 0 Å². The molecule has 1 aliphatic heterocycles. The average Bonchev–Trinajstić information content (AvgIpc) is 3.18. The third kappa shape index (κ3) is 2.18. The Balaban J connectivity index is 1.80. The Labute approximate surface area is 149 Å². The van der Waals surface area contributed by atoms with Crippen molar-refractivity contribution in [2.45, 2.75) is 19.4 Å². The van der Waals surface area contributed by atoms with Gasteiger partial charge in [0.1, 0.15) is 0 Å². The maximum absolute atomic E-state index is 12.6. The molecule has 2 aromatic carbocycles. The first-order valence-corrected chi connectivity index (χ1v) is 8.78. The van der Waals surface area contributed by atoms with Crippen LogP contribution >= 0.6 is 11.6 Å². The molecule has 5 heteroatoms. The fourth-order valence-corrected chi connectivity index (χ4v) is 4.03. The normalized spacial score (nSPS) is 13.5. The standard InChI is InChI=1S/C20H16ClN3O/c21-14-8-6-12(7-9-14)18-17(20(25)23-22-18)16-11-24-10-2-4-13-3-1-5-15(16)19(13)24/h1,3,5-9,11H,2,4,10H2,(H2,22,23,25). The number of aromatic amines is 2. The van der Waals surface area contributed by atoms with E-state index in [9.17, 15) is 4.79 Å². The summed E-state index contributed by atoms with van der Waals surface area (Å²) in [5.74, 6) is 0. The van der Waals surface area contributed by atoms with E-state index in [0.29, 0.717) is 10.6 Å². The van der Waals surface area contributed by atoms with Gasteiger partial charge in [-0.2, -0.15) is 0 Å². The van der Waals surface area contributed by atoms with Gasteiger partial charge in [0.2, 0.25) is 0 Å². The van der Waals surface area contributed by atoms with Crippen LogP contribution in [0.5, 0.6) is 0 Å². The smallest absolute Gasteiger partial charge is 0.272 e. The molecule has 0 bridgehead atoms. The SMILES string of the molecule is O=c1[nH][nH]c(-c2ccc(Cl)cc2)c1-c1cn2c3c(cccc13)CCC2. The van der Waals surface area contributed by atoms with E-state index in [1.807, 2.05) is 24.3 Å². The van der Waals surface area contributed by atoms with Crippen molar-refractivity contribution < 1.29 is 0 Å². The Hall–Kier alpha value is -2.72. The summed E-state index contributed by atoms with van der Waals surface area (Å²) in [5, 5.41) is 7.60. The van der Waals surface area contributed by atoms with Crippen molar-refractivity contribution in [1.29, 1.82) is 0 Å². The van der Waals surface area contributed by atoms with Crippen LogP contribution in [-0.4, -0.2) is 14.8 Å². The highest BCUT2D eigenvalue weighted by atomic mass is 35.5. The number of halogens is 1. The molecule has 3 heterocycles. The number of hydrogen-bond donors (Lipinski definition) is 2. The number of rotatable bonds is 2. The fourth-order valence-electron chi connectivity index (χ4n) is 3.90. The summed E-state index contributed by atoms with van der Waals surface area (Å²) in [5.41, 5.74) is 5.90. The molecule has 0 radical (unpaired) electrons. The molecule has 25 heavy (non-hydrogen) atoms. The third-order valence-electron chi connectivity index (χ3n) is 5.01. The van der Waals surface area contributed by atoms with Crippen LogP contribution in [0.3, 0.4) is 0 Å². The molecule has 0 saturated heterocycles. The number of H-pyrrole nitrogens is 2. The molecule has 0 spiro atoms. The lowest BCUT2D eigenvalue weighted by Crippen LogP contribution is -2.05. The van der Waals surface area contributed by atoms with Gasteiger partial charge in [-0.15, -0.1) is 0 Å². The lowest BCUT2D eigenvalue weighted by Gasteiger charge is -2.14. The van der Waals surface area contributed by atoms with Gasteiger partial charge >= 0.3 is 0 Å². The van der Waals surface area contributed by atoms with Crippen LogP contribution in [-0.2, 0) is 13.0 Å². The minimum atomic E-state index is -0.103. The fraction of sp³-hybridized carbons (Fsp3) is 0.150. The van der Waals surface area contributed by atoms with E-state index in [1.165, 1.54) is 11.1 Å². The monoisotopic (exact) mass is 349 g/mol. The molecule has 0 unspecified atom stereocenters. The van der Waals surface area contributed by atoms with Crippen LogP contribution in [0.25, 0.3) is 33.3 Å². The molecule has 124 valence electrons. The Morgan fingerprint density at radius 3 is 2.72 bits per heavy atom. The van der Waals surface area contributed by atoms with Gasteiger partial charge < -0.3 is 4.57 Å². The number of benzene rings is 2. The highest BCUT2D eigenvalue weighted by Crippen LogP contribution is 2.37. The van der Waals surface area contributed by atoms with Crippen molar-refractivity contribution >= 4 is 22.5 Å². The number of nitrogens with zero attached hydrogens (tertiary/aromatic N) is 1. The minimum Gasteiger partial charge on any atom is -0.347 e. The molecule has 0 aliphatic carbocycles. The maximum Gasteiger partial charge on any atom is 0.272 e. The summed E-state index contributed by atoms with van der Waals surface area (Å²) in [4.78, 5) is 12.6. The summed E-state index contributed by atoms with van der Waals surface area (Å²) in [6.07, 6.45) is 4.34. The van der Waals surface area contributed by atoms with Gasteiger partial charge in [-0.25, -0.2) is 0 Å². The molecule has 4 aromatic rings. The van der Waals surface area contributed by atoms with Crippen LogP contribution < -0.4 is 5.56 Å². The zero-order valence-electron chi connectivity index (χ0n) is 13.5. The van der Waals surface area contributed by atoms with E-state index in [0.717, 1.165) is 41.6 Å². The summed E-state index contributed by atoms with van der Waals surface area (Å²) >= 11 is 6.00. The average molecular weight is 350 g/mol. The Kier molecular flexibility index (Phi) is 3.15. The zero-order valence-corrected chi connectivity index (χ0v) is 14.2. The first-order chi connectivity index (χ1) is 12.2. The van der Waals surface area contributed by atoms with E-state index in [-0.39, 0.29) is 5.56 Å². The van der Waals surface area contributed by atoms with Gasteiger partial charge in [0.05, 0.1) is 16.8 Å². The number of nitrogens with one attached hydrogen (secondary N) is 2. The van der Waals surface area contributed by atoms with E-state index in [4.69, 9.17) is 11.6 Å². The first-order valence-electron chi connectivity index (χ1n) is 8.40. The molecular formula is C20H16ClN3O. The van der Waals surface area contributed by atoms with Crippen LogP contribution in [0.4, 0.5) is 0 Å². The van der Waals surface area contributed by atoms with E-state index >= 15 is 0 Å². The highest BCUT2D eigenvalue weighted by Gasteiger charge is 2.21. The summed E-state index contributed by atoms with van der Waals surface area (Å²) in [6.45, 7) is 0.992. The van der Waals surface area contributed by atoms with Gasteiger partial charge in [-0.1, -0.05) is 41.9 Å². The molecule has 2 N–H and O–H groups in total. The second-order valence-corrected chi connectivity index (χ2v) is 6.93. The van der Waals surface area contributed by atoms with Crippen molar-refractivity contribution in [3.8, 4) is 22.4 Å². The van der Waals surface area contributed by atoms with Gasteiger partial charge in [-0.05, 0) is 30.5 Å². The number of aromatic nitrogens is 3. The highest BCUT2D eigenvalue weighted by molar-refractivity contribution is 6.30. The largest absolute Gasteiger partial charge is 0.347 e. The number of para-hydroxylation sites is 1. The molecule has 5 rings (SSSR count). The van der Waals surface area contributed by atoms with E-state index in [2.05, 4.69) is 39.2 Å². The topological polar surface area (TPSA) is 53.6 Å². The van der Waals surface area contributed by atoms with Crippen LogP contribution in [0.2, 0.25) is 5.02 Å². The number of aryl methyl sites for hydroxylation is 2. The third-order valence-corrected chi connectivity index (χ3v) is 5.26. The van der Waals surface area contributed by atoms with Gasteiger partial charge in [0.25, 0.3) is 5.56 Å². The van der Waals surface area contributed by atoms with Crippen molar-refractivity contribution in [3.05, 3.63) is 69.6 Å². The van der Waals surface area contributed by atoms with Crippen LogP contribution in [0.15, 0.2) is 53.5 Å². The summed E-state index contributed by atoms with van der Waals surface area (Å²) in [7, 11) is 0. The van der Waals surface area contributed by atoms with Crippen LogP contribution in [0.1, 0.15) is 12.0 Å². The van der Waals surface area contributed by atoms with Gasteiger partial charge in [0.15, 0.2) is 0 Å². The maximum atomic E-state index is 12.6. The summed E-state index contributed by atoms with van der Waals surface area (Å²) in [6, 6.07) is 13.9. The Morgan fingerprint density at radius 2 is 1.88 bits per heavy atom. The van der Waals surface area contributed by atoms with E-state index < -0.39 is 0 Å². The predicted molar refractivity (Wildman–Crippen MR) is 101 cm³/mol. The molecule has 1 aliphatic rings. The Bertz CT molecular complexity index is 1150. The quantitative estimate of drug-likeness (QED) is 0.546. The molecular weight excluding hydrogens is 334 g/mol. The van der Waals surface area contributed by atoms with Gasteiger partial charge in [0, 0.05) is 34.3 Å².